The smallest absolute Gasteiger partial charge is 0.225 e. The lowest BCUT2D eigenvalue weighted by Gasteiger charge is -2.34. The molecule has 2 fully saturated rings. The molecule has 2 aliphatic rings. The molecule has 26 heavy (non-hydrogen) atoms. The van der Waals surface area contributed by atoms with Crippen molar-refractivity contribution in [2.75, 3.05) is 44.7 Å². The highest BCUT2D eigenvalue weighted by molar-refractivity contribution is 14.0. The first kappa shape index (κ1) is 20.7. The number of piperazine rings is 1. The summed E-state index contributed by atoms with van der Waals surface area (Å²) in [5, 5.41) is 6.59. The van der Waals surface area contributed by atoms with Crippen LogP contribution in [0.25, 0.3) is 0 Å². The average molecular weight is 473 g/mol. The number of nitrogens with zero attached hydrogens (tertiary/aromatic N) is 5. The minimum absolute atomic E-state index is 0. The zero-order valence-electron chi connectivity index (χ0n) is 15.4. The number of carbonyl (C=O) groups excluding carboxylic acids is 1. The molecule has 9 heteroatoms. The van der Waals surface area contributed by atoms with Gasteiger partial charge in [0.15, 0.2) is 5.96 Å². The van der Waals surface area contributed by atoms with E-state index in [1.165, 1.54) is 6.42 Å². The van der Waals surface area contributed by atoms with E-state index in [2.05, 4.69) is 37.4 Å². The van der Waals surface area contributed by atoms with Crippen LogP contribution in [0.3, 0.4) is 0 Å². The Bertz CT molecular complexity index is 604. The van der Waals surface area contributed by atoms with Crippen LogP contribution in [-0.4, -0.2) is 72.5 Å². The summed E-state index contributed by atoms with van der Waals surface area (Å²) in [5.74, 6) is 2.41. The van der Waals surface area contributed by atoms with Crippen LogP contribution in [0.5, 0.6) is 0 Å². The van der Waals surface area contributed by atoms with Crippen molar-refractivity contribution in [2.24, 2.45) is 10.9 Å². The third-order valence-corrected chi connectivity index (χ3v) is 4.75. The molecule has 1 saturated heterocycles. The monoisotopic (exact) mass is 473 g/mol. The van der Waals surface area contributed by atoms with Crippen LogP contribution in [0, 0.1) is 5.92 Å². The predicted molar refractivity (Wildman–Crippen MR) is 113 cm³/mol. The Morgan fingerprint density at radius 2 is 1.92 bits per heavy atom. The molecule has 144 valence electrons. The van der Waals surface area contributed by atoms with Crippen molar-refractivity contribution >= 4 is 41.8 Å². The number of nitrogens with one attached hydrogen (secondary N) is 2. The first-order valence-electron chi connectivity index (χ1n) is 8.94. The largest absolute Gasteiger partial charge is 0.356 e. The Balaban J connectivity index is 0.00000243. The SMILES string of the molecule is CN=C(NCCC(=O)N1CCN(c2ncccn2)CC1)NC1CC1C.I. The summed E-state index contributed by atoms with van der Waals surface area (Å²) in [6.07, 6.45) is 5.15. The molecule has 2 heterocycles. The molecule has 1 aromatic rings. The fraction of sp³-hybridized carbons (Fsp3) is 0.647. The third-order valence-electron chi connectivity index (χ3n) is 4.75. The fourth-order valence-corrected chi connectivity index (χ4v) is 2.95. The topological polar surface area (TPSA) is 85.8 Å². The van der Waals surface area contributed by atoms with E-state index in [1.807, 2.05) is 11.0 Å². The van der Waals surface area contributed by atoms with Crippen molar-refractivity contribution in [3.63, 3.8) is 0 Å². The zero-order valence-corrected chi connectivity index (χ0v) is 17.7. The van der Waals surface area contributed by atoms with Crippen LogP contribution in [0.1, 0.15) is 19.8 Å². The van der Waals surface area contributed by atoms with Crippen molar-refractivity contribution in [3.05, 3.63) is 18.5 Å². The van der Waals surface area contributed by atoms with E-state index >= 15 is 0 Å². The summed E-state index contributed by atoms with van der Waals surface area (Å²) in [4.78, 5) is 29.1. The molecule has 0 spiro atoms. The Morgan fingerprint density at radius 1 is 1.27 bits per heavy atom. The van der Waals surface area contributed by atoms with Crippen molar-refractivity contribution in [1.29, 1.82) is 0 Å². The van der Waals surface area contributed by atoms with Crippen LogP contribution in [0.4, 0.5) is 5.95 Å². The van der Waals surface area contributed by atoms with Gasteiger partial charge in [0.05, 0.1) is 0 Å². The standard InChI is InChI=1S/C17H27N7O.HI/c1-13-12-14(13)22-16(18-2)19-7-4-15(25)23-8-10-24(11-9-23)17-20-5-3-6-21-17;/h3,5-6,13-14H,4,7-12H2,1-2H3,(H2,18,19,22);1H. The van der Waals surface area contributed by atoms with Crippen LogP contribution >= 0.6 is 24.0 Å². The van der Waals surface area contributed by atoms with Gasteiger partial charge in [0.25, 0.3) is 0 Å². The second-order valence-electron chi connectivity index (χ2n) is 6.63. The summed E-state index contributed by atoms with van der Waals surface area (Å²) in [6.45, 7) is 5.78. The van der Waals surface area contributed by atoms with Crippen LogP contribution in [0.2, 0.25) is 0 Å². The number of aliphatic imine (C=N–C) groups is 1. The average Bonchev–Trinajstić information content (AvgIpc) is 3.36. The lowest BCUT2D eigenvalue weighted by Crippen LogP contribution is -2.50. The Morgan fingerprint density at radius 3 is 2.50 bits per heavy atom. The Kier molecular flexibility index (Phi) is 7.85. The molecule has 1 aliphatic carbocycles. The molecule has 8 nitrogen and oxygen atoms in total. The van der Waals surface area contributed by atoms with Gasteiger partial charge in [-0.2, -0.15) is 0 Å². The van der Waals surface area contributed by atoms with Gasteiger partial charge < -0.3 is 20.4 Å². The van der Waals surface area contributed by atoms with Gasteiger partial charge in [-0.05, 0) is 18.4 Å². The summed E-state index contributed by atoms with van der Waals surface area (Å²) < 4.78 is 0. The van der Waals surface area contributed by atoms with Gasteiger partial charge in [-0.1, -0.05) is 6.92 Å². The first-order chi connectivity index (χ1) is 12.2. The van der Waals surface area contributed by atoms with Gasteiger partial charge in [0, 0.05) is 64.6 Å². The van der Waals surface area contributed by atoms with E-state index in [1.54, 1.807) is 19.4 Å². The van der Waals surface area contributed by atoms with Crippen molar-refractivity contribution in [3.8, 4) is 0 Å². The minimum Gasteiger partial charge on any atom is -0.356 e. The molecule has 0 bridgehead atoms. The van der Waals surface area contributed by atoms with Crippen LogP contribution in [-0.2, 0) is 4.79 Å². The fourth-order valence-electron chi connectivity index (χ4n) is 2.95. The molecular weight excluding hydrogens is 445 g/mol. The number of halogens is 1. The van der Waals surface area contributed by atoms with Crippen molar-refractivity contribution < 1.29 is 4.79 Å². The molecule has 3 rings (SSSR count). The molecule has 1 aromatic heterocycles. The summed E-state index contributed by atoms with van der Waals surface area (Å²) >= 11 is 0. The van der Waals surface area contributed by atoms with E-state index in [4.69, 9.17) is 0 Å². The summed E-state index contributed by atoms with van der Waals surface area (Å²) in [6, 6.07) is 2.33. The highest BCUT2D eigenvalue weighted by atomic mass is 127. The second kappa shape index (κ2) is 9.89. The number of aromatic nitrogens is 2. The van der Waals surface area contributed by atoms with Crippen LogP contribution < -0.4 is 15.5 Å². The van der Waals surface area contributed by atoms with E-state index in [0.29, 0.717) is 38.0 Å². The van der Waals surface area contributed by atoms with Gasteiger partial charge >= 0.3 is 0 Å². The second-order valence-corrected chi connectivity index (χ2v) is 6.63. The number of guanidine groups is 1. The van der Waals surface area contributed by atoms with E-state index in [-0.39, 0.29) is 29.9 Å². The molecule has 0 aromatic carbocycles. The number of rotatable bonds is 5. The predicted octanol–water partition coefficient (Wildman–Crippen LogP) is 0.707. The van der Waals surface area contributed by atoms with Gasteiger partial charge in [-0.3, -0.25) is 9.79 Å². The minimum atomic E-state index is 0. The Hall–Kier alpha value is -1.65. The van der Waals surface area contributed by atoms with E-state index < -0.39 is 0 Å². The molecule has 1 saturated carbocycles. The molecule has 0 radical (unpaired) electrons. The lowest BCUT2D eigenvalue weighted by molar-refractivity contribution is -0.131. The summed E-state index contributed by atoms with van der Waals surface area (Å²) in [5.41, 5.74) is 0. The van der Waals surface area contributed by atoms with Gasteiger partial charge in [-0.25, -0.2) is 9.97 Å². The van der Waals surface area contributed by atoms with Crippen molar-refractivity contribution in [1.82, 2.24) is 25.5 Å². The molecule has 1 aliphatic heterocycles. The van der Waals surface area contributed by atoms with E-state index in [0.717, 1.165) is 25.0 Å². The first-order valence-corrected chi connectivity index (χ1v) is 8.94. The van der Waals surface area contributed by atoms with Gasteiger partial charge in [0.1, 0.15) is 0 Å². The zero-order chi connectivity index (χ0) is 17.6. The molecule has 2 unspecified atom stereocenters. The number of amides is 1. The van der Waals surface area contributed by atoms with Crippen molar-refractivity contribution in [2.45, 2.75) is 25.8 Å². The van der Waals surface area contributed by atoms with Crippen LogP contribution in [0.15, 0.2) is 23.5 Å². The van der Waals surface area contributed by atoms with Gasteiger partial charge in [-0.15, -0.1) is 24.0 Å². The highest BCUT2D eigenvalue weighted by Gasteiger charge is 2.33. The number of hydrogen-bond acceptors (Lipinski definition) is 5. The Labute approximate surface area is 171 Å². The molecule has 1 amide bonds. The normalized spacial score (nSPS) is 22.5. The number of hydrogen-bond donors (Lipinski definition) is 2. The quantitative estimate of drug-likeness (QED) is 0.372. The lowest BCUT2D eigenvalue weighted by atomic mass is 10.3. The maximum Gasteiger partial charge on any atom is 0.225 e. The third kappa shape index (κ3) is 5.68. The highest BCUT2D eigenvalue weighted by Crippen LogP contribution is 2.28. The molecular formula is C17H28IN7O. The maximum absolute atomic E-state index is 12.4. The number of carbonyl (C=O) groups is 1. The van der Waals surface area contributed by atoms with Gasteiger partial charge in [0.2, 0.25) is 11.9 Å². The molecule has 2 N–H and O–H groups in total. The molecule has 2 atom stereocenters. The maximum atomic E-state index is 12.4. The number of anilines is 1. The summed E-state index contributed by atoms with van der Waals surface area (Å²) in [7, 11) is 1.76. The van der Waals surface area contributed by atoms with E-state index in [9.17, 15) is 4.79 Å².